The zero-order chi connectivity index (χ0) is 43.6. The molecule has 1 aromatic heterocycles. The first-order valence-corrected chi connectivity index (χ1v) is 20.9. The van der Waals surface area contributed by atoms with Gasteiger partial charge in [-0.05, 0) is 101 Å². The molecule has 2 saturated heterocycles. The second-order valence-corrected chi connectivity index (χ2v) is 16.2. The minimum absolute atomic E-state index is 0.00962. The quantitative estimate of drug-likeness (QED) is 0.105. The van der Waals surface area contributed by atoms with Crippen molar-refractivity contribution in [3.8, 4) is 5.75 Å². The Balaban J connectivity index is 0.000000200. The Labute approximate surface area is 364 Å². The van der Waals surface area contributed by atoms with Crippen LogP contribution in [0.2, 0.25) is 5.02 Å². The van der Waals surface area contributed by atoms with Gasteiger partial charge in [-0.3, -0.25) is 19.3 Å². The lowest BCUT2D eigenvalue weighted by molar-refractivity contribution is -0.144. The van der Waals surface area contributed by atoms with Crippen LogP contribution in [0.5, 0.6) is 5.75 Å². The first-order valence-electron chi connectivity index (χ1n) is 19.2. The summed E-state index contributed by atoms with van der Waals surface area (Å²) in [4.78, 5) is 50.8. The van der Waals surface area contributed by atoms with Crippen LogP contribution in [0, 0.1) is 5.82 Å². The summed E-state index contributed by atoms with van der Waals surface area (Å²) in [6.45, 7) is 11.6. The van der Waals surface area contributed by atoms with Gasteiger partial charge in [0.1, 0.15) is 41.8 Å². The number of para-hydroxylation sites is 1. The maximum atomic E-state index is 14.3. The van der Waals surface area contributed by atoms with E-state index in [2.05, 4.69) is 13.8 Å². The molecule has 0 bridgehead atoms. The van der Waals surface area contributed by atoms with Crippen LogP contribution in [0.25, 0.3) is 0 Å². The predicted molar refractivity (Wildman–Crippen MR) is 226 cm³/mol. The average Bonchev–Trinajstić information content (AvgIpc) is 4.03. The van der Waals surface area contributed by atoms with Crippen molar-refractivity contribution in [1.29, 1.82) is 0 Å². The molecule has 12 nitrogen and oxygen atoms in total. The second-order valence-electron chi connectivity index (χ2n) is 14.4. The standard InChI is InChI=1S/C17H17ClFNO4.C14H20ClNO2.C11H13Cl2NO3/c1-9(2)15-16(21)20(17(22)24-15)13-8-14(11(18)7-12(13)19)23-10-5-3-4-6-10;1-4-11-7-6-8-12(5-2)14(11)16(10-18-3)13(17)9-15;1-11(2)14(10(15)9(12)13)6-8(17-11)7-4-3-5-16-7/h7-8,10H,3-6H2,1-2H3;6-8H,4-5,9-10H2,1-3H3;3-5,8-9H,6H2,1-2H3. The molecule has 3 fully saturated rings. The number of methoxy groups -OCH3 is 1. The summed E-state index contributed by atoms with van der Waals surface area (Å²) in [7, 11) is 1.58. The van der Waals surface area contributed by atoms with Crippen molar-refractivity contribution >= 4 is 81.6 Å². The Hall–Kier alpha value is -3.85. The molecule has 2 aliphatic heterocycles. The number of hydrogen-bond acceptors (Lipinski definition) is 9. The number of ether oxygens (including phenoxy) is 4. The monoisotopic (exact) mass is 899 g/mol. The molecule has 1 saturated carbocycles. The van der Waals surface area contributed by atoms with E-state index < -0.39 is 28.4 Å². The van der Waals surface area contributed by atoms with Crippen molar-refractivity contribution in [2.45, 2.75) is 103 Å². The van der Waals surface area contributed by atoms with Gasteiger partial charge in [0, 0.05) is 13.2 Å². The molecular weight excluding hydrogens is 851 g/mol. The van der Waals surface area contributed by atoms with E-state index in [1.807, 2.05) is 24.3 Å². The minimum Gasteiger partial charge on any atom is -0.489 e. The number of cyclic esters (lactones) is 1. The lowest BCUT2D eigenvalue weighted by atomic mass is 10.0. The summed E-state index contributed by atoms with van der Waals surface area (Å²) in [5.74, 6) is -1.16. The Morgan fingerprint density at radius 2 is 1.68 bits per heavy atom. The highest BCUT2D eigenvalue weighted by atomic mass is 35.5. The molecule has 1 aliphatic carbocycles. The van der Waals surface area contributed by atoms with Crippen LogP contribution < -0.4 is 14.5 Å². The van der Waals surface area contributed by atoms with Crippen molar-refractivity contribution in [2.24, 2.45) is 0 Å². The number of anilines is 2. The Kier molecular flexibility index (Phi) is 17.5. The summed E-state index contributed by atoms with van der Waals surface area (Å²) in [6.07, 6.45) is 6.04. The molecule has 3 aliphatic rings. The fraction of sp³-hybridized carbons (Fsp3) is 0.476. The van der Waals surface area contributed by atoms with E-state index in [1.165, 1.54) is 11.0 Å². The minimum atomic E-state index is -1.08. The molecule has 59 heavy (non-hydrogen) atoms. The number of aryl methyl sites for hydroxylation is 2. The summed E-state index contributed by atoms with van der Waals surface area (Å²) in [6, 6.07) is 12.0. The first-order chi connectivity index (χ1) is 28.0. The van der Waals surface area contributed by atoms with E-state index in [0.717, 1.165) is 61.4 Å². The number of furan rings is 1. The molecule has 322 valence electrons. The second kappa shape index (κ2) is 21.6. The maximum Gasteiger partial charge on any atom is 0.427 e. The van der Waals surface area contributed by atoms with E-state index >= 15 is 0 Å². The summed E-state index contributed by atoms with van der Waals surface area (Å²) in [5, 5.41) is 0.102. The van der Waals surface area contributed by atoms with Gasteiger partial charge in [0.15, 0.2) is 10.6 Å². The number of hydrogen-bond donors (Lipinski definition) is 0. The van der Waals surface area contributed by atoms with Gasteiger partial charge >= 0.3 is 12.0 Å². The van der Waals surface area contributed by atoms with Crippen molar-refractivity contribution in [3.63, 3.8) is 0 Å². The molecule has 1 unspecified atom stereocenters. The summed E-state index contributed by atoms with van der Waals surface area (Å²) >= 11 is 22.9. The molecule has 4 amide bonds. The van der Waals surface area contributed by atoms with Crippen molar-refractivity contribution in [1.82, 2.24) is 4.90 Å². The molecule has 6 rings (SSSR count). The molecule has 1 atom stereocenters. The van der Waals surface area contributed by atoms with Crippen molar-refractivity contribution in [2.75, 3.05) is 36.1 Å². The van der Waals surface area contributed by atoms with Gasteiger partial charge in [-0.2, -0.15) is 0 Å². The van der Waals surface area contributed by atoms with Gasteiger partial charge < -0.3 is 28.3 Å². The molecule has 2 aromatic carbocycles. The molecular formula is C42H50Cl4FN3O9. The number of carbonyl (C=O) groups is 4. The number of alkyl halides is 3. The smallest absolute Gasteiger partial charge is 0.427 e. The lowest BCUT2D eigenvalue weighted by Crippen LogP contribution is -2.45. The zero-order valence-corrected chi connectivity index (χ0v) is 37.1. The average molecular weight is 902 g/mol. The van der Waals surface area contributed by atoms with Gasteiger partial charge in [0.25, 0.3) is 5.91 Å². The van der Waals surface area contributed by atoms with Gasteiger partial charge in [0.05, 0.1) is 35.3 Å². The molecule has 0 spiro atoms. The Morgan fingerprint density at radius 1 is 1.03 bits per heavy atom. The van der Waals surface area contributed by atoms with Gasteiger partial charge in [-0.1, -0.05) is 66.8 Å². The van der Waals surface area contributed by atoms with Crippen LogP contribution in [0.3, 0.4) is 0 Å². The number of halogens is 5. The van der Waals surface area contributed by atoms with E-state index in [4.69, 9.17) is 69.8 Å². The predicted octanol–water partition coefficient (Wildman–Crippen LogP) is 10.3. The Bertz CT molecular complexity index is 1960. The lowest BCUT2D eigenvalue weighted by Gasteiger charge is -2.29. The van der Waals surface area contributed by atoms with Gasteiger partial charge in [-0.15, -0.1) is 11.6 Å². The van der Waals surface area contributed by atoms with E-state index in [0.29, 0.717) is 22.8 Å². The van der Waals surface area contributed by atoms with Crippen LogP contribution in [-0.2, 0) is 41.4 Å². The van der Waals surface area contributed by atoms with Crippen LogP contribution in [0.1, 0.15) is 90.2 Å². The molecule has 3 heterocycles. The normalized spacial score (nSPS) is 17.4. The number of benzene rings is 2. The van der Waals surface area contributed by atoms with Crippen molar-refractivity contribution in [3.05, 3.63) is 87.8 Å². The van der Waals surface area contributed by atoms with E-state index in [-0.39, 0.29) is 58.9 Å². The zero-order valence-electron chi connectivity index (χ0n) is 34.1. The number of amides is 4. The fourth-order valence-corrected chi connectivity index (χ4v) is 7.38. The van der Waals surface area contributed by atoms with Crippen LogP contribution >= 0.6 is 46.4 Å². The third kappa shape index (κ3) is 11.7. The molecule has 0 N–H and O–H groups in total. The van der Waals surface area contributed by atoms with Crippen LogP contribution in [0.15, 0.2) is 64.5 Å². The number of carbonyl (C=O) groups excluding carboxylic acids is 4. The van der Waals surface area contributed by atoms with Crippen LogP contribution in [0.4, 0.5) is 20.6 Å². The molecule has 0 radical (unpaired) electrons. The topological polar surface area (TPSA) is 128 Å². The summed E-state index contributed by atoms with van der Waals surface area (Å²) in [5.41, 5.74) is 2.81. The number of imide groups is 1. The largest absolute Gasteiger partial charge is 0.489 e. The fourth-order valence-electron chi connectivity index (χ4n) is 6.81. The van der Waals surface area contributed by atoms with Crippen LogP contribution in [-0.4, -0.2) is 71.6 Å². The highest BCUT2D eigenvalue weighted by molar-refractivity contribution is 6.53. The van der Waals surface area contributed by atoms with Gasteiger partial charge in [-0.25, -0.2) is 14.1 Å². The van der Waals surface area contributed by atoms with E-state index in [1.54, 1.807) is 52.0 Å². The number of rotatable bonds is 11. The van der Waals surface area contributed by atoms with Gasteiger partial charge in [0.2, 0.25) is 5.91 Å². The highest BCUT2D eigenvalue weighted by Crippen LogP contribution is 2.39. The third-order valence-electron chi connectivity index (χ3n) is 9.71. The maximum absolute atomic E-state index is 14.3. The molecule has 3 aromatic rings. The number of nitrogens with zero attached hydrogens (tertiary/aromatic N) is 3. The number of allylic oxidation sites excluding steroid dienone is 1. The molecule has 17 heteroatoms. The SMILES string of the molecule is CC(C)=C1OC(=O)N(c2cc(OC3CCCC3)c(Cl)cc2F)C1=O.CC1(C)OC(c2ccco2)CN1C(=O)C(Cl)Cl.CCc1cccc(CC)c1N(COC)C(=O)CCl. The highest BCUT2D eigenvalue weighted by Gasteiger charge is 2.45. The van der Waals surface area contributed by atoms with Crippen molar-refractivity contribution < 1.29 is 46.9 Å². The summed E-state index contributed by atoms with van der Waals surface area (Å²) < 4.78 is 41.2. The van der Waals surface area contributed by atoms with E-state index in [9.17, 15) is 23.6 Å². The Morgan fingerprint density at radius 3 is 2.19 bits per heavy atom. The first kappa shape index (κ1) is 47.8. The third-order valence-corrected chi connectivity index (χ3v) is 10.6.